The molecule has 4 heteroatoms. The Labute approximate surface area is 76.2 Å². The maximum Gasteiger partial charge on any atom is 1.00 e. The van der Waals surface area contributed by atoms with Crippen LogP contribution in [0.3, 0.4) is 0 Å². The summed E-state index contributed by atoms with van der Waals surface area (Å²) in [7, 11) is 0. The monoisotopic (exact) mass is 325 g/mol. The van der Waals surface area contributed by atoms with Gasteiger partial charge < -0.3 is 22.8 Å². The Morgan fingerprint density at radius 3 is 1.88 bits per heavy atom. The molecule has 0 fully saturated rings. The quantitative estimate of drug-likeness (QED) is 0.533. The fourth-order valence-electron chi connectivity index (χ4n) is 0.0527. The molecule has 0 saturated heterocycles. The van der Waals surface area contributed by atoms with Gasteiger partial charge in [-0.15, -0.1) is 5.75 Å². The van der Waals surface area contributed by atoms with E-state index in [-0.39, 0.29) is 47.5 Å². The molecule has 1 radical (unpaired) electrons. The van der Waals surface area contributed by atoms with Crippen molar-refractivity contribution >= 4 is 12.6 Å². The van der Waals surface area contributed by atoms with Crippen molar-refractivity contribution in [2.45, 2.75) is 13.5 Å². The van der Waals surface area contributed by atoms with Crippen molar-refractivity contribution in [2.24, 2.45) is 0 Å². The third-order valence-electron chi connectivity index (χ3n) is 0.403. The van der Waals surface area contributed by atoms with Gasteiger partial charge in [-0.3, -0.25) is 0 Å². The van der Waals surface area contributed by atoms with Gasteiger partial charge in [0, 0.05) is 0 Å². The molecular weight excluding hydrogens is 313 g/mol. The number of hydrogen-bond donors (Lipinski definition) is 2. The first-order valence-corrected chi connectivity index (χ1v) is 2.26. The van der Waals surface area contributed by atoms with Gasteiger partial charge in [-0.25, -0.2) is 0 Å². The number of rotatable bonds is 2. The molecule has 0 heterocycles. The molecular formula is C4H11HgO2S. The van der Waals surface area contributed by atoms with Gasteiger partial charge in [-0.2, -0.15) is 0 Å². The standard InChI is InChI=1S/C3H8O2S.CH4.Hg/c4-1-3(5)2-6;;/h3-6H,1-2H2;1H4;/q;;+1/p-1. The summed E-state index contributed by atoms with van der Waals surface area (Å²) >= 11 is 4.36. The molecule has 0 aliphatic rings. The van der Waals surface area contributed by atoms with Gasteiger partial charge in [0.2, 0.25) is 0 Å². The van der Waals surface area contributed by atoms with Crippen LogP contribution in [0.25, 0.3) is 0 Å². The van der Waals surface area contributed by atoms with Crippen LogP contribution in [0.2, 0.25) is 0 Å². The zero-order chi connectivity index (χ0) is 4.99. The van der Waals surface area contributed by atoms with E-state index in [1.807, 2.05) is 0 Å². The Kier molecular flexibility index (Phi) is 22.3. The molecule has 2 nitrogen and oxygen atoms in total. The molecule has 0 amide bonds. The zero-order valence-corrected chi connectivity index (χ0v) is 10.3. The number of aliphatic hydroxyl groups is 2. The van der Waals surface area contributed by atoms with E-state index in [0.29, 0.717) is 0 Å². The van der Waals surface area contributed by atoms with Gasteiger partial charge in [0.25, 0.3) is 0 Å². The summed E-state index contributed by atoms with van der Waals surface area (Å²) in [6, 6.07) is 0. The SMILES string of the molecule is C.OCC(O)C[S-].[Hg+]. The predicted molar refractivity (Wildman–Crippen MR) is 32.1 cm³/mol. The number of hydrogen-bond acceptors (Lipinski definition) is 3. The van der Waals surface area contributed by atoms with E-state index in [0.717, 1.165) is 0 Å². The Balaban J connectivity index is -0.000000125. The Morgan fingerprint density at radius 1 is 1.50 bits per heavy atom. The van der Waals surface area contributed by atoms with Crippen molar-refractivity contribution in [3.05, 3.63) is 0 Å². The Bertz CT molecular complexity index is 33.2. The summed E-state index contributed by atoms with van der Waals surface area (Å²) in [5, 5.41) is 16.3. The molecule has 0 aromatic heterocycles. The van der Waals surface area contributed by atoms with Crippen LogP contribution in [0.15, 0.2) is 0 Å². The maximum atomic E-state index is 8.31. The second-order valence-corrected chi connectivity index (χ2v) is 1.34. The predicted octanol–water partition coefficient (Wildman–Crippen LogP) is -0.480. The first kappa shape index (κ1) is 16.1. The summed E-state index contributed by atoms with van der Waals surface area (Å²) in [6.07, 6.45) is -0.694. The van der Waals surface area contributed by atoms with Crippen LogP contribution in [0.5, 0.6) is 0 Å². The molecule has 0 bridgehead atoms. The minimum atomic E-state index is -0.694. The third-order valence-corrected chi connectivity index (χ3v) is 0.788. The van der Waals surface area contributed by atoms with Crippen LogP contribution in [0, 0.1) is 0 Å². The summed E-state index contributed by atoms with van der Waals surface area (Å²) in [4.78, 5) is 0. The maximum absolute atomic E-state index is 8.31. The fourth-order valence-corrected chi connectivity index (χ4v) is 0.158. The smallest absolute Gasteiger partial charge is 0.790 e. The van der Waals surface area contributed by atoms with Crippen LogP contribution in [0.1, 0.15) is 7.43 Å². The van der Waals surface area contributed by atoms with E-state index < -0.39 is 6.10 Å². The van der Waals surface area contributed by atoms with Gasteiger partial charge in [-0.05, 0) is 0 Å². The summed E-state index contributed by atoms with van der Waals surface area (Å²) in [5.74, 6) is 0.219. The topological polar surface area (TPSA) is 40.5 Å². The minimum Gasteiger partial charge on any atom is -0.790 e. The molecule has 0 spiro atoms. The van der Waals surface area contributed by atoms with Crippen molar-refractivity contribution < 1.29 is 37.9 Å². The van der Waals surface area contributed by atoms with Crippen molar-refractivity contribution in [1.82, 2.24) is 0 Å². The van der Waals surface area contributed by atoms with Gasteiger partial charge in [0.05, 0.1) is 12.7 Å². The molecule has 2 N–H and O–H groups in total. The molecule has 47 valence electrons. The van der Waals surface area contributed by atoms with Gasteiger partial charge in [-0.1, -0.05) is 7.43 Å². The number of aliphatic hydroxyl groups excluding tert-OH is 2. The average Bonchev–Trinajstić information content (AvgIpc) is 1.65. The molecule has 0 aliphatic heterocycles. The van der Waals surface area contributed by atoms with Crippen LogP contribution in [0.4, 0.5) is 0 Å². The molecule has 0 aromatic carbocycles. The summed E-state index contributed by atoms with van der Waals surface area (Å²) in [6.45, 7) is -0.219. The zero-order valence-electron chi connectivity index (χ0n) is 4.00. The minimum absolute atomic E-state index is 0. The van der Waals surface area contributed by atoms with E-state index in [1.54, 1.807) is 0 Å². The first-order chi connectivity index (χ1) is 2.81. The van der Waals surface area contributed by atoms with Crippen LogP contribution >= 0.6 is 0 Å². The van der Waals surface area contributed by atoms with Gasteiger partial charge in [0.15, 0.2) is 0 Å². The molecule has 8 heavy (non-hydrogen) atoms. The third kappa shape index (κ3) is 10.2. The first-order valence-electron chi connectivity index (χ1n) is 1.68. The second kappa shape index (κ2) is 11.1. The van der Waals surface area contributed by atoms with Crippen LogP contribution < -0.4 is 0 Å². The van der Waals surface area contributed by atoms with E-state index in [4.69, 9.17) is 10.2 Å². The molecule has 0 rings (SSSR count). The fraction of sp³-hybridized carbons (Fsp3) is 1.00. The van der Waals surface area contributed by atoms with E-state index in [1.165, 1.54) is 0 Å². The summed E-state index contributed by atoms with van der Waals surface area (Å²) in [5.41, 5.74) is 0. The summed E-state index contributed by atoms with van der Waals surface area (Å²) < 4.78 is 0. The van der Waals surface area contributed by atoms with E-state index in [2.05, 4.69) is 12.6 Å². The molecule has 0 aliphatic carbocycles. The Hall–Kier alpha value is 1.21. The average molecular weight is 324 g/mol. The van der Waals surface area contributed by atoms with Crippen molar-refractivity contribution in [2.75, 3.05) is 12.4 Å². The van der Waals surface area contributed by atoms with Gasteiger partial charge in [0.1, 0.15) is 0 Å². The van der Waals surface area contributed by atoms with Gasteiger partial charge >= 0.3 is 27.7 Å². The van der Waals surface area contributed by atoms with Crippen molar-refractivity contribution in [3.8, 4) is 0 Å². The normalized spacial score (nSPS) is 10.9. The van der Waals surface area contributed by atoms with Crippen molar-refractivity contribution in [3.63, 3.8) is 0 Å². The Morgan fingerprint density at radius 2 is 1.88 bits per heavy atom. The molecule has 1 unspecified atom stereocenters. The van der Waals surface area contributed by atoms with E-state index >= 15 is 0 Å². The van der Waals surface area contributed by atoms with Crippen molar-refractivity contribution in [1.29, 1.82) is 0 Å². The van der Waals surface area contributed by atoms with Crippen LogP contribution in [-0.2, 0) is 40.3 Å². The second-order valence-electron chi connectivity index (χ2n) is 1.00. The molecule has 0 aromatic rings. The van der Waals surface area contributed by atoms with E-state index in [9.17, 15) is 0 Å². The van der Waals surface area contributed by atoms with Crippen LogP contribution in [-0.4, -0.2) is 28.7 Å². The molecule has 1 atom stereocenters. The largest absolute Gasteiger partial charge is 1.00 e. The molecule has 0 saturated carbocycles.